The van der Waals surface area contributed by atoms with E-state index in [4.69, 9.17) is 4.84 Å². The van der Waals surface area contributed by atoms with Gasteiger partial charge in [-0.1, -0.05) is 49.6 Å². The van der Waals surface area contributed by atoms with Crippen LogP contribution in [0.4, 0.5) is 0 Å². The summed E-state index contributed by atoms with van der Waals surface area (Å²) in [6, 6.07) is 10.7. The Labute approximate surface area is 120 Å². The van der Waals surface area contributed by atoms with Gasteiger partial charge in [0.15, 0.2) is 0 Å². The van der Waals surface area contributed by atoms with Crippen molar-refractivity contribution in [3.05, 3.63) is 35.9 Å². The number of benzene rings is 1. The lowest BCUT2D eigenvalue weighted by Gasteiger charge is -2.35. The third-order valence-corrected chi connectivity index (χ3v) is 4.70. The van der Waals surface area contributed by atoms with Gasteiger partial charge in [-0.25, -0.2) is 4.79 Å². The Morgan fingerprint density at radius 3 is 2.40 bits per heavy atom. The number of hydroxylamine groups is 2. The molecule has 3 rings (SSSR count). The van der Waals surface area contributed by atoms with Gasteiger partial charge in [0.2, 0.25) is 0 Å². The van der Waals surface area contributed by atoms with Crippen molar-refractivity contribution >= 4 is 5.97 Å². The maximum absolute atomic E-state index is 12.3. The second kappa shape index (κ2) is 5.21. The third-order valence-electron chi connectivity index (χ3n) is 4.70. The maximum Gasteiger partial charge on any atom is 0.332 e. The summed E-state index contributed by atoms with van der Waals surface area (Å²) in [6.45, 7) is 3.99. The molecule has 1 atom stereocenters. The van der Waals surface area contributed by atoms with Gasteiger partial charge >= 0.3 is 5.97 Å². The molecule has 0 spiro atoms. The minimum atomic E-state index is -0.487. The molecule has 1 aliphatic heterocycles. The van der Waals surface area contributed by atoms with Crippen LogP contribution in [0.25, 0.3) is 0 Å². The minimum absolute atomic E-state index is 0.0271. The smallest absolute Gasteiger partial charge is 0.332 e. The van der Waals surface area contributed by atoms with E-state index in [0.717, 1.165) is 12.8 Å². The van der Waals surface area contributed by atoms with Crippen LogP contribution in [0.2, 0.25) is 0 Å². The Hall–Kier alpha value is -1.35. The summed E-state index contributed by atoms with van der Waals surface area (Å²) in [5.74, 6) is -0.100. The second-order valence-corrected chi connectivity index (χ2v) is 6.57. The quantitative estimate of drug-likeness (QED) is 0.819. The normalized spacial score (nSPS) is 27.5. The summed E-state index contributed by atoms with van der Waals surface area (Å²) < 4.78 is 0. The third kappa shape index (κ3) is 2.24. The van der Waals surface area contributed by atoms with Crippen molar-refractivity contribution in [3.63, 3.8) is 0 Å². The summed E-state index contributed by atoms with van der Waals surface area (Å²) in [4.78, 5) is 17.9. The maximum atomic E-state index is 12.3. The predicted octanol–water partition coefficient (Wildman–Crippen LogP) is 3.86. The molecular weight excluding hydrogens is 250 g/mol. The molecular formula is C17H23NO2. The highest BCUT2D eigenvalue weighted by atomic mass is 16.7. The molecule has 1 heterocycles. The van der Waals surface area contributed by atoms with E-state index in [-0.39, 0.29) is 12.0 Å². The van der Waals surface area contributed by atoms with Crippen molar-refractivity contribution in [2.75, 3.05) is 0 Å². The molecule has 108 valence electrons. The number of carbonyl (C=O) groups is 1. The van der Waals surface area contributed by atoms with Crippen LogP contribution in [0.15, 0.2) is 30.3 Å². The topological polar surface area (TPSA) is 29.5 Å². The van der Waals surface area contributed by atoms with Crippen molar-refractivity contribution in [2.45, 2.75) is 58.0 Å². The average Bonchev–Trinajstić information content (AvgIpc) is 2.71. The highest BCUT2D eigenvalue weighted by Gasteiger charge is 2.53. The standard InChI is InChI=1S/C17H23NO2/c1-17(2)15(13-9-5-3-6-10-13)18(20-16(17)19)14-11-7-4-8-12-14/h3,5-6,9-10,14-15H,4,7-8,11-12H2,1-2H3. The summed E-state index contributed by atoms with van der Waals surface area (Å²) in [6.07, 6.45) is 6.04. The van der Waals surface area contributed by atoms with Crippen LogP contribution < -0.4 is 0 Å². The van der Waals surface area contributed by atoms with Crippen molar-refractivity contribution in [1.29, 1.82) is 0 Å². The molecule has 3 heteroatoms. The molecule has 0 aromatic heterocycles. The van der Waals surface area contributed by atoms with Gasteiger partial charge in [-0.3, -0.25) is 0 Å². The highest BCUT2D eigenvalue weighted by molar-refractivity contribution is 5.78. The molecule has 1 saturated heterocycles. The van der Waals surface area contributed by atoms with Gasteiger partial charge in [-0.2, -0.15) is 0 Å². The van der Waals surface area contributed by atoms with Gasteiger partial charge in [-0.15, -0.1) is 5.06 Å². The van der Waals surface area contributed by atoms with Crippen molar-refractivity contribution in [2.24, 2.45) is 5.41 Å². The van der Waals surface area contributed by atoms with Crippen LogP contribution in [0, 0.1) is 5.41 Å². The lowest BCUT2D eigenvalue weighted by Crippen LogP contribution is -2.38. The van der Waals surface area contributed by atoms with Crippen LogP contribution in [-0.2, 0) is 9.63 Å². The molecule has 1 aromatic carbocycles. The first-order valence-corrected chi connectivity index (χ1v) is 7.66. The SMILES string of the molecule is CC1(C)C(=O)ON(C2CCCCC2)C1c1ccccc1. The van der Waals surface area contributed by atoms with Crippen LogP contribution in [0.3, 0.4) is 0 Å². The fourth-order valence-corrected chi connectivity index (χ4v) is 3.52. The van der Waals surface area contributed by atoms with Crippen LogP contribution in [-0.4, -0.2) is 17.1 Å². The molecule has 0 bridgehead atoms. The van der Waals surface area contributed by atoms with Gasteiger partial charge in [0, 0.05) is 6.04 Å². The molecule has 0 radical (unpaired) electrons. The molecule has 1 aromatic rings. The monoisotopic (exact) mass is 273 g/mol. The lowest BCUT2D eigenvalue weighted by molar-refractivity contribution is -0.190. The average molecular weight is 273 g/mol. The fourth-order valence-electron chi connectivity index (χ4n) is 3.52. The molecule has 1 saturated carbocycles. The predicted molar refractivity (Wildman–Crippen MR) is 77.8 cm³/mol. The molecule has 2 aliphatic rings. The summed E-state index contributed by atoms with van der Waals surface area (Å²) >= 11 is 0. The summed E-state index contributed by atoms with van der Waals surface area (Å²) in [7, 11) is 0. The van der Waals surface area contributed by atoms with Gasteiger partial charge in [0.25, 0.3) is 0 Å². The van der Waals surface area contributed by atoms with Gasteiger partial charge < -0.3 is 4.84 Å². The number of nitrogens with zero attached hydrogens (tertiary/aromatic N) is 1. The Kier molecular flexibility index (Phi) is 3.55. The second-order valence-electron chi connectivity index (χ2n) is 6.57. The summed E-state index contributed by atoms with van der Waals surface area (Å²) in [5.41, 5.74) is 0.688. The first kappa shape index (κ1) is 13.6. The van der Waals surface area contributed by atoms with Crippen molar-refractivity contribution in [1.82, 2.24) is 5.06 Å². The first-order chi connectivity index (χ1) is 9.60. The fraction of sp³-hybridized carbons (Fsp3) is 0.588. The van der Waals surface area contributed by atoms with Gasteiger partial charge in [-0.05, 0) is 32.3 Å². The Morgan fingerprint density at radius 2 is 1.75 bits per heavy atom. The van der Waals surface area contributed by atoms with Crippen LogP contribution in [0.1, 0.15) is 57.6 Å². The van der Waals surface area contributed by atoms with E-state index in [1.165, 1.54) is 24.8 Å². The van der Waals surface area contributed by atoms with Crippen molar-refractivity contribution < 1.29 is 9.63 Å². The zero-order valence-electron chi connectivity index (χ0n) is 12.3. The summed E-state index contributed by atoms with van der Waals surface area (Å²) in [5, 5.41) is 2.00. The number of hydrogen-bond acceptors (Lipinski definition) is 3. The highest BCUT2D eigenvalue weighted by Crippen LogP contribution is 2.47. The zero-order valence-corrected chi connectivity index (χ0v) is 12.3. The Balaban J connectivity index is 1.94. The Morgan fingerprint density at radius 1 is 1.10 bits per heavy atom. The van der Waals surface area contributed by atoms with E-state index >= 15 is 0 Å². The van der Waals surface area contributed by atoms with E-state index in [1.54, 1.807) is 0 Å². The molecule has 2 fully saturated rings. The first-order valence-electron chi connectivity index (χ1n) is 7.66. The number of rotatable bonds is 2. The Bertz CT molecular complexity index is 477. The van der Waals surface area contributed by atoms with Gasteiger partial charge in [0.1, 0.15) is 0 Å². The van der Waals surface area contributed by atoms with E-state index in [9.17, 15) is 4.79 Å². The van der Waals surface area contributed by atoms with Crippen molar-refractivity contribution in [3.8, 4) is 0 Å². The van der Waals surface area contributed by atoms with Crippen LogP contribution >= 0.6 is 0 Å². The molecule has 1 unspecified atom stereocenters. The van der Waals surface area contributed by atoms with Gasteiger partial charge in [0.05, 0.1) is 11.5 Å². The molecule has 0 N–H and O–H groups in total. The lowest BCUT2D eigenvalue weighted by atomic mass is 9.80. The zero-order chi connectivity index (χ0) is 14.2. The molecule has 0 amide bonds. The van der Waals surface area contributed by atoms with E-state index in [2.05, 4.69) is 12.1 Å². The van der Waals surface area contributed by atoms with E-state index in [1.807, 2.05) is 37.1 Å². The molecule has 3 nitrogen and oxygen atoms in total. The van der Waals surface area contributed by atoms with E-state index in [0.29, 0.717) is 6.04 Å². The minimum Gasteiger partial charge on any atom is -0.366 e. The number of carbonyl (C=O) groups excluding carboxylic acids is 1. The van der Waals surface area contributed by atoms with E-state index < -0.39 is 5.41 Å². The molecule has 20 heavy (non-hydrogen) atoms. The number of hydrogen-bond donors (Lipinski definition) is 0. The van der Waals surface area contributed by atoms with Crippen LogP contribution in [0.5, 0.6) is 0 Å². The largest absolute Gasteiger partial charge is 0.366 e. The molecule has 1 aliphatic carbocycles.